The molecule has 1 unspecified atom stereocenters. The maximum atomic E-state index is 12.5. The van der Waals surface area contributed by atoms with Crippen molar-refractivity contribution in [1.29, 1.82) is 0 Å². The Morgan fingerprint density at radius 2 is 1.94 bits per heavy atom. The fourth-order valence-corrected chi connectivity index (χ4v) is 2.00. The largest absolute Gasteiger partial charge is 0.416 e. The molecule has 0 amide bonds. The first-order chi connectivity index (χ1) is 8.25. The lowest BCUT2D eigenvalue weighted by molar-refractivity contribution is -0.137. The SMILES string of the molecule is CC(C)C(CN)Nc1ccc(C(F)(F)F)cc1Br. The molecule has 0 saturated carbocycles. The molecule has 0 aliphatic rings. The van der Waals surface area contributed by atoms with Gasteiger partial charge in [0.1, 0.15) is 0 Å². The van der Waals surface area contributed by atoms with E-state index < -0.39 is 11.7 Å². The molecular weight excluding hydrogens is 309 g/mol. The van der Waals surface area contributed by atoms with Crippen molar-refractivity contribution in [2.24, 2.45) is 11.7 Å². The highest BCUT2D eigenvalue weighted by Gasteiger charge is 2.30. The first-order valence-corrected chi connectivity index (χ1v) is 6.38. The predicted octanol–water partition coefficient (Wildman–Crippen LogP) is 3.86. The van der Waals surface area contributed by atoms with E-state index in [1.165, 1.54) is 6.07 Å². The minimum absolute atomic E-state index is 0.0260. The van der Waals surface area contributed by atoms with Crippen LogP contribution in [0, 0.1) is 5.92 Å². The Morgan fingerprint density at radius 3 is 2.33 bits per heavy atom. The number of nitrogens with two attached hydrogens (primary N) is 1. The van der Waals surface area contributed by atoms with Crippen LogP contribution in [0.4, 0.5) is 18.9 Å². The smallest absolute Gasteiger partial charge is 0.380 e. The van der Waals surface area contributed by atoms with Gasteiger partial charge in [0.05, 0.1) is 5.56 Å². The summed E-state index contributed by atoms with van der Waals surface area (Å²) in [6, 6.07) is 3.56. The molecule has 102 valence electrons. The molecule has 1 aromatic carbocycles. The molecule has 6 heteroatoms. The van der Waals surface area contributed by atoms with Gasteiger partial charge >= 0.3 is 6.18 Å². The summed E-state index contributed by atoms with van der Waals surface area (Å²) in [7, 11) is 0. The van der Waals surface area contributed by atoms with Gasteiger partial charge in [-0.05, 0) is 40.0 Å². The number of hydrogen-bond acceptors (Lipinski definition) is 2. The first kappa shape index (κ1) is 15.3. The van der Waals surface area contributed by atoms with Crippen LogP contribution >= 0.6 is 15.9 Å². The number of alkyl halides is 3. The molecule has 0 fully saturated rings. The highest BCUT2D eigenvalue weighted by Crippen LogP contribution is 2.34. The van der Waals surface area contributed by atoms with Crippen molar-refractivity contribution in [3.63, 3.8) is 0 Å². The fraction of sp³-hybridized carbons (Fsp3) is 0.500. The van der Waals surface area contributed by atoms with Gasteiger partial charge in [-0.2, -0.15) is 13.2 Å². The lowest BCUT2D eigenvalue weighted by Crippen LogP contribution is -2.33. The van der Waals surface area contributed by atoms with E-state index in [2.05, 4.69) is 21.2 Å². The summed E-state index contributed by atoms with van der Waals surface area (Å²) in [5, 5.41) is 3.14. The fourth-order valence-electron chi connectivity index (χ4n) is 1.51. The van der Waals surface area contributed by atoms with E-state index in [0.717, 1.165) is 12.1 Å². The summed E-state index contributed by atoms with van der Waals surface area (Å²) in [5.41, 5.74) is 5.56. The van der Waals surface area contributed by atoms with E-state index in [0.29, 0.717) is 22.6 Å². The van der Waals surface area contributed by atoms with Crippen LogP contribution in [0.15, 0.2) is 22.7 Å². The Kier molecular flexibility index (Phi) is 5.04. The summed E-state index contributed by atoms with van der Waals surface area (Å²) in [5.74, 6) is 0.296. The lowest BCUT2D eigenvalue weighted by Gasteiger charge is -2.23. The molecule has 0 heterocycles. The number of nitrogens with one attached hydrogen (secondary N) is 1. The Morgan fingerprint density at radius 1 is 1.33 bits per heavy atom. The lowest BCUT2D eigenvalue weighted by atomic mass is 10.0. The van der Waals surface area contributed by atoms with Crippen molar-refractivity contribution in [1.82, 2.24) is 0 Å². The van der Waals surface area contributed by atoms with Gasteiger partial charge in [0.25, 0.3) is 0 Å². The van der Waals surface area contributed by atoms with Gasteiger partial charge in [0.15, 0.2) is 0 Å². The van der Waals surface area contributed by atoms with Crippen LogP contribution in [0.2, 0.25) is 0 Å². The van der Waals surface area contributed by atoms with Crippen LogP contribution in [0.1, 0.15) is 19.4 Å². The van der Waals surface area contributed by atoms with Crippen LogP contribution in [0.3, 0.4) is 0 Å². The summed E-state index contributed by atoms with van der Waals surface area (Å²) in [4.78, 5) is 0. The van der Waals surface area contributed by atoms with Crippen molar-refractivity contribution >= 4 is 21.6 Å². The third-order valence-electron chi connectivity index (χ3n) is 2.70. The molecule has 0 saturated heterocycles. The summed E-state index contributed by atoms with van der Waals surface area (Å²) in [6.07, 6.45) is -4.33. The molecule has 3 N–H and O–H groups in total. The van der Waals surface area contributed by atoms with E-state index in [1.807, 2.05) is 13.8 Å². The van der Waals surface area contributed by atoms with Crippen molar-refractivity contribution < 1.29 is 13.2 Å². The molecule has 18 heavy (non-hydrogen) atoms. The van der Waals surface area contributed by atoms with E-state index >= 15 is 0 Å². The van der Waals surface area contributed by atoms with Gasteiger partial charge in [-0.3, -0.25) is 0 Å². The van der Waals surface area contributed by atoms with Crippen molar-refractivity contribution in [3.8, 4) is 0 Å². The standard InChI is InChI=1S/C12H16BrF3N2/c1-7(2)11(6-17)18-10-4-3-8(5-9(10)13)12(14,15)16/h3-5,7,11,18H,6,17H2,1-2H3. The van der Waals surface area contributed by atoms with Gasteiger partial charge in [-0.1, -0.05) is 13.8 Å². The molecule has 0 aromatic heterocycles. The van der Waals surface area contributed by atoms with Crippen LogP contribution in [-0.2, 0) is 6.18 Å². The minimum atomic E-state index is -4.33. The minimum Gasteiger partial charge on any atom is -0.380 e. The van der Waals surface area contributed by atoms with Gasteiger partial charge in [-0.15, -0.1) is 0 Å². The molecule has 1 rings (SSSR count). The molecule has 0 bridgehead atoms. The van der Waals surface area contributed by atoms with E-state index in [9.17, 15) is 13.2 Å². The van der Waals surface area contributed by atoms with Crippen LogP contribution < -0.4 is 11.1 Å². The Bertz CT molecular complexity index is 405. The van der Waals surface area contributed by atoms with Crippen molar-refractivity contribution in [2.45, 2.75) is 26.1 Å². The van der Waals surface area contributed by atoms with Crippen LogP contribution in [0.5, 0.6) is 0 Å². The molecule has 1 atom stereocenters. The maximum Gasteiger partial charge on any atom is 0.416 e. The predicted molar refractivity (Wildman–Crippen MR) is 70.4 cm³/mol. The third-order valence-corrected chi connectivity index (χ3v) is 3.35. The Labute approximate surface area is 113 Å². The molecule has 1 aromatic rings. The zero-order chi connectivity index (χ0) is 13.9. The average Bonchev–Trinajstić information content (AvgIpc) is 2.25. The maximum absolute atomic E-state index is 12.5. The van der Waals surface area contributed by atoms with Crippen LogP contribution in [0.25, 0.3) is 0 Å². The highest BCUT2D eigenvalue weighted by molar-refractivity contribution is 9.10. The van der Waals surface area contributed by atoms with Crippen LogP contribution in [-0.4, -0.2) is 12.6 Å². The van der Waals surface area contributed by atoms with E-state index in [4.69, 9.17) is 5.73 Å². The Hall–Kier alpha value is -0.750. The zero-order valence-corrected chi connectivity index (χ0v) is 11.8. The quantitative estimate of drug-likeness (QED) is 0.882. The second kappa shape index (κ2) is 5.93. The van der Waals surface area contributed by atoms with Gasteiger partial charge in [-0.25, -0.2) is 0 Å². The first-order valence-electron chi connectivity index (χ1n) is 5.59. The monoisotopic (exact) mass is 324 g/mol. The second-order valence-electron chi connectivity index (χ2n) is 4.42. The summed E-state index contributed by atoms with van der Waals surface area (Å²) >= 11 is 3.14. The molecule has 0 radical (unpaired) electrons. The van der Waals surface area contributed by atoms with Crippen molar-refractivity contribution in [3.05, 3.63) is 28.2 Å². The number of rotatable bonds is 4. The number of anilines is 1. The number of hydrogen-bond donors (Lipinski definition) is 2. The Balaban J connectivity index is 2.93. The number of benzene rings is 1. The molecular formula is C12H16BrF3N2. The average molecular weight is 325 g/mol. The van der Waals surface area contributed by atoms with Gasteiger partial charge in [0, 0.05) is 22.7 Å². The molecule has 0 aliphatic heterocycles. The van der Waals surface area contributed by atoms with Gasteiger partial charge < -0.3 is 11.1 Å². The van der Waals surface area contributed by atoms with Gasteiger partial charge in [0.2, 0.25) is 0 Å². The number of halogens is 4. The molecule has 0 aliphatic carbocycles. The third kappa shape index (κ3) is 3.88. The highest BCUT2D eigenvalue weighted by atomic mass is 79.9. The van der Waals surface area contributed by atoms with E-state index in [-0.39, 0.29) is 6.04 Å². The topological polar surface area (TPSA) is 38.0 Å². The molecule has 0 spiro atoms. The normalized spacial score (nSPS) is 13.8. The second-order valence-corrected chi connectivity index (χ2v) is 5.28. The molecule has 2 nitrogen and oxygen atoms in total. The zero-order valence-electron chi connectivity index (χ0n) is 10.2. The van der Waals surface area contributed by atoms with E-state index in [1.54, 1.807) is 0 Å². The summed E-state index contributed by atoms with van der Waals surface area (Å²) < 4.78 is 37.9. The summed E-state index contributed by atoms with van der Waals surface area (Å²) in [6.45, 7) is 4.43. The van der Waals surface area contributed by atoms with Crippen molar-refractivity contribution in [2.75, 3.05) is 11.9 Å².